The summed E-state index contributed by atoms with van der Waals surface area (Å²) in [6.07, 6.45) is 3.18. The molecule has 1 amide bonds. The summed E-state index contributed by atoms with van der Waals surface area (Å²) in [6.45, 7) is 5.72. The third-order valence-corrected chi connectivity index (χ3v) is 4.80. The lowest BCUT2D eigenvalue weighted by Gasteiger charge is -2.18. The second-order valence-corrected chi connectivity index (χ2v) is 6.84. The fourth-order valence-electron chi connectivity index (χ4n) is 3.33. The Morgan fingerprint density at radius 2 is 2.04 bits per heavy atom. The third-order valence-electron chi connectivity index (χ3n) is 4.80. The van der Waals surface area contributed by atoms with Gasteiger partial charge in [-0.25, -0.2) is 9.97 Å². The van der Waals surface area contributed by atoms with E-state index in [2.05, 4.69) is 34.3 Å². The third kappa shape index (κ3) is 2.87. The molecule has 5 heteroatoms. The van der Waals surface area contributed by atoms with Gasteiger partial charge in [0, 0.05) is 30.2 Å². The zero-order valence-electron chi connectivity index (χ0n) is 13.7. The van der Waals surface area contributed by atoms with E-state index < -0.39 is 0 Å². The number of amides is 1. The molecule has 2 aromatic rings. The molecule has 1 saturated carbocycles. The molecule has 23 heavy (non-hydrogen) atoms. The number of hydrogen-bond acceptors (Lipinski definition) is 4. The van der Waals surface area contributed by atoms with Gasteiger partial charge in [-0.15, -0.1) is 0 Å². The Morgan fingerprint density at radius 3 is 2.83 bits per heavy atom. The maximum absolute atomic E-state index is 12.2. The molecule has 5 nitrogen and oxygen atoms in total. The van der Waals surface area contributed by atoms with Crippen molar-refractivity contribution in [3.8, 4) is 0 Å². The lowest BCUT2D eigenvalue weighted by atomic mass is 10.1. The highest BCUT2D eigenvalue weighted by Crippen LogP contribution is 2.26. The van der Waals surface area contributed by atoms with E-state index >= 15 is 0 Å². The zero-order chi connectivity index (χ0) is 16.0. The van der Waals surface area contributed by atoms with Crippen molar-refractivity contribution in [1.82, 2.24) is 15.3 Å². The van der Waals surface area contributed by atoms with E-state index in [0.717, 1.165) is 54.9 Å². The zero-order valence-corrected chi connectivity index (χ0v) is 13.7. The summed E-state index contributed by atoms with van der Waals surface area (Å²) < 4.78 is 0. The first-order valence-corrected chi connectivity index (χ1v) is 8.40. The smallest absolute Gasteiger partial charge is 0.225 e. The fraction of sp³-hybridized carbons (Fsp3) is 0.500. The maximum Gasteiger partial charge on any atom is 0.225 e. The Morgan fingerprint density at radius 1 is 1.22 bits per heavy atom. The van der Waals surface area contributed by atoms with E-state index in [-0.39, 0.29) is 11.8 Å². The van der Waals surface area contributed by atoms with Crippen molar-refractivity contribution in [2.24, 2.45) is 5.92 Å². The van der Waals surface area contributed by atoms with Gasteiger partial charge < -0.3 is 10.2 Å². The Hall–Kier alpha value is -2.17. The van der Waals surface area contributed by atoms with Crippen LogP contribution >= 0.6 is 0 Å². The molecule has 4 rings (SSSR count). The predicted molar refractivity (Wildman–Crippen MR) is 90.5 cm³/mol. The molecule has 1 atom stereocenters. The molecule has 1 N–H and O–H groups in total. The molecular weight excluding hydrogens is 288 g/mol. The minimum absolute atomic E-state index is 0.0836. The number of aryl methyl sites for hydroxylation is 2. The van der Waals surface area contributed by atoms with Gasteiger partial charge >= 0.3 is 0 Å². The van der Waals surface area contributed by atoms with Gasteiger partial charge in [0.1, 0.15) is 5.82 Å². The van der Waals surface area contributed by atoms with Crippen LogP contribution in [0.15, 0.2) is 18.2 Å². The maximum atomic E-state index is 12.2. The average molecular weight is 310 g/mol. The molecular formula is C18H22N4O. The number of carbonyl (C=O) groups excluding carboxylic acids is 1. The number of hydrogen-bond donors (Lipinski definition) is 1. The van der Waals surface area contributed by atoms with Crippen LogP contribution in [0.4, 0.5) is 5.82 Å². The Balaban J connectivity index is 1.54. The first-order valence-electron chi connectivity index (χ1n) is 8.40. The van der Waals surface area contributed by atoms with Gasteiger partial charge in [0.25, 0.3) is 0 Å². The minimum Gasteiger partial charge on any atom is -0.356 e. The summed E-state index contributed by atoms with van der Waals surface area (Å²) >= 11 is 0. The topological polar surface area (TPSA) is 58.1 Å². The molecule has 1 saturated heterocycles. The molecule has 2 fully saturated rings. The summed E-state index contributed by atoms with van der Waals surface area (Å²) in [5.74, 6) is 1.22. The monoisotopic (exact) mass is 310 g/mol. The molecule has 1 aliphatic heterocycles. The van der Waals surface area contributed by atoms with Crippen molar-refractivity contribution in [2.75, 3.05) is 18.0 Å². The highest BCUT2D eigenvalue weighted by atomic mass is 16.2. The van der Waals surface area contributed by atoms with Crippen LogP contribution in [0.3, 0.4) is 0 Å². The Bertz CT molecular complexity index is 769. The SMILES string of the molecule is Cc1cc(C)c2ccc(N3CCC(C(=O)NC4CC4)C3)nc2n1. The molecule has 0 spiro atoms. The number of aromatic nitrogens is 2. The van der Waals surface area contributed by atoms with Crippen LogP contribution in [0.1, 0.15) is 30.5 Å². The molecule has 2 aliphatic rings. The van der Waals surface area contributed by atoms with Gasteiger partial charge in [-0.05, 0) is 56.9 Å². The molecule has 1 aliphatic carbocycles. The molecule has 120 valence electrons. The number of anilines is 1. The lowest BCUT2D eigenvalue weighted by molar-refractivity contribution is -0.124. The van der Waals surface area contributed by atoms with Crippen LogP contribution in [0.25, 0.3) is 11.0 Å². The fourth-order valence-corrected chi connectivity index (χ4v) is 3.33. The van der Waals surface area contributed by atoms with Crippen LogP contribution in [0.2, 0.25) is 0 Å². The second-order valence-electron chi connectivity index (χ2n) is 6.84. The number of pyridine rings is 2. The molecule has 0 radical (unpaired) electrons. The summed E-state index contributed by atoms with van der Waals surface area (Å²) in [6, 6.07) is 6.66. The van der Waals surface area contributed by atoms with Crippen LogP contribution in [0, 0.1) is 19.8 Å². The Labute approximate surface area is 136 Å². The summed E-state index contributed by atoms with van der Waals surface area (Å²) in [4.78, 5) is 23.7. The van der Waals surface area contributed by atoms with E-state index in [0.29, 0.717) is 6.04 Å². The van der Waals surface area contributed by atoms with Crippen LogP contribution in [0.5, 0.6) is 0 Å². The molecule has 1 unspecified atom stereocenters. The van der Waals surface area contributed by atoms with Crippen molar-refractivity contribution in [2.45, 2.75) is 39.2 Å². The van der Waals surface area contributed by atoms with Gasteiger partial charge in [0.05, 0.1) is 5.92 Å². The van der Waals surface area contributed by atoms with E-state index in [9.17, 15) is 4.79 Å². The van der Waals surface area contributed by atoms with E-state index in [4.69, 9.17) is 4.98 Å². The van der Waals surface area contributed by atoms with E-state index in [1.165, 1.54) is 5.56 Å². The van der Waals surface area contributed by atoms with Gasteiger partial charge in [-0.1, -0.05) is 0 Å². The average Bonchev–Trinajstić information content (AvgIpc) is 3.18. The standard InChI is InChI=1S/C18H22N4O/c1-11-9-12(2)19-17-15(11)5-6-16(21-17)22-8-7-13(10-22)18(23)20-14-3-4-14/h5-6,9,13-14H,3-4,7-8,10H2,1-2H3,(H,20,23). The van der Waals surface area contributed by atoms with Crippen molar-refractivity contribution in [3.05, 3.63) is 29.5 Å². The molecule has 3 heterocycles. The van der Waals surface area contributed by atoms with Crippen molar-refractivity contribution < 1.29 is 4.79 Å². The summed E-state index contributed by atoms with van der Waals surface area (Å²) in [5.41, 5.74) is 2.99. The van der Waals surface area contributed by atoms with Crippen LogP contribution in [-0.2, 0) is 4.79 Å². The number of carbonyl (C=O) groups is 1. The van der Waals surface area contributed by atoms with Gasteiger partial charge in [0.15, 0.2) is 5.65 Å². The highest BCUT2D eigenvalue weighted by molar-refractivity contribution is 5.82. The number of fused-ring (bicyclic) bond motifs is 1. The largest absolute Gasteiger partial charge is 0.356 e. The van der Waals surface area contributed by atoms with Crippen LogP contribution < -0.4 is 10.2 Å². The van der Waals surface area contributed by atoms with Gasteiger partial charge in [-0.2, -0.15) is 0 Å². The van der Waals surface area contributed by atoms with Crippen LogP contribution in [-0.4, -0.2) is 35.0 Å². The first kappa shape index (κ1) is 14.4. The molecule has 0 bridgehead atoms. The normalized spacial score (nSPS) is 21.0. The summed E-state index contributed by atoms with van der Waals surface area (Å²) in [5, 5.41) is 4.21. The van der Waals surface area contributed by atoms with Crippen molar-refractivity contribution >= 4 is 22.8 Å². The molecule has 2 aromatic heterocycles. The quantitative estimate of drug-likeness (QED) is 0.945. The van der Waals surface area contributed by atoms with Gasteiger partial charge in [-0.3, -0.25) is 4.79 Å². The van der Waals surface area contributed by atoms with Crippen molar-refractivity contribution in [1.29, 1.82) is 0 Å². The van der Waals surface area contributed by atoms with E-state index in [1.54, 1.807) is 0 Å². The minimum atomic E-state index is 0.0836. The number of nitrogens with zero attached hydrogens (tertiary/aromatic N) is 3. The highest BCUT2D eigenvalue weighted by Gasteiger charge is 2.32. The van der Waals surface area contributed by atoms with E-state index in [1.807, 2.05) is 13.0 Å². The first-order chi connectivity index (χ1) is 11.1. The second kappa shape index (κ2) is 5.48. The molecule has 0 aromatic carbocycles. The number of rotatable bonds is 3. The predicted octanol–water partition coefficient (Wildman–Crippen LogP) is 2.35. The Kier molecular flexibility index (Phi) is 3.43. The number of nitrogens with one attached hydrogen (secondary N) is 1. The lowest BCUT2D eigenvalue weighted by Crippen LogP contribution is -2.34. The van der Waals surface area contributed by atoms with Crippen molar-refractivity contribution in [3.63, 3.8) is 0 Å². The van der Waals surface area contributed by atoms with Gasteiger partial charge in [0.2, 0.25) is 5.91 Å². The summed E-state index contributed by atoms with van der Waals surface area (Å²) in [7, 11) is 0.